The molecule has 1 unspecified atom stereocenters. The zero-order chi connectivity index (χ0) is 12.1. The van der Waals surface area contributed by atoms with E-state index in [9.17, 15) is 4.79 Å². The van der Waals surface area contributed by atoms with Crippen LogP contribution in [0.15, 0.2) is 24.3 Å². The minimum Gasteiger partial charge on any atom is -0.326 e. The molecule has 0 bridgehead atoms. The highest BCUT2D eigenvalue weighted by molar-refractivity contribution is 7.99. The van der Waals surface area contributed by atoms with Crippen LogP contribution in [0.2, 0.25) is 0 Å². The highest BCUT2D eigenvalue weighted by Gasteiger charge is 2.16. The van der Waals surface area contributed by atoms with E-state index in [0.29, 0.717) is 12.5 Å². The highest BCUT2D eigenvalue weighted by Crippen LogP contribution is 2.12. The second-order valence-corrected chi connectivity index (χ2v) is 5.49. The molecule has 0 saturated carbocycles. The molecule has 1 aliphatic heterocycles. The van der Waals surface area contributed by atoms with E-state index in [1.54, 1.807) is 0 Å². The molecule has 1 atom stereocenters. The normalized spacial score (nSPS) is 19.9. The molecule has 1 aliphatic rings. The molecule has 1 saturated heterocycles. The number of carbonyl (C=O) groups is 1. The molecule has 1 fully saturated rings. The third-order valence-corrected chi connectivity index (χ3v) is 3.90. The molecule has 0 spiro atoms. The average Bonchev–Trinajstić information content (AvgIpc) is 2.33. The molecule has 1 heterocycles. The van der Waals surface area contributed by atoms with E-state index >= 15 is 0 Å². The Bertz CT molecular complexity index is 372. The first-order valence-corrected chi connectivity index (χ1v) is 7.07. The first-order valence-electron chi connectivity index (χ1n) is 5.92. The van der Waals surface area contributed by atoms with Gasteiger partial charge in [0.1, 0.15) is 0 Å². The summed E-state index contributed by atoms with van der Waals surface area (Å²) in [5, 5.41) is 6.29. The number of hydrogen-bond donors (Lipinski definition) is 2. The van der Waals surface area contributed by atoms with Gasteiger partial charge < -0.3 is 10.6 Å². The lowest BCUT2D eigenvalue weighted by atomic mass is 10.2. The van der Waals surface area contributed by atoms with Crippen molar-refractivity contribution in [1.82, 2.24) is 5.32 Å². The fourth-order valence-corrected chi connectivity index (χ4v) is 2.77. The lowest BCUT2D eigenvalue weighted by Crippen LogP contribution is -2.39. The van der Waals surface area contributed by atoms with E-state index in [0.717, 1.165) is 23.7 Å². The van der Waals surface area contributed by atoms with Crippen molar-refractivity contribution in [3.8, 4) is 0 Å². The van der Waals surface area contributed by atoms with Gasteiger partial charge >= 0.3 is 0 Å². The van der Waals surface area contributed by atoms with Gasteiger partial charge in [-0.1, -0.05) is 17.7 Å². The van der Waals surface area contributed by atoms with Crippen molar-refractivity contribution in [2.75, 3.05) is 23.4 Å². The maximum absolute atomic E-state index is 11.8. The van der Waals surface area contributed by atoms with E-state index in [2.05, 4.69) is 10.6 Å². The van der Waals surface area contributed by atoms with Crippen LogP contribution in [0, 0.1) is 6.92 Å². The number of hydrogen-bond acceptors (Lipinski definition) is 3. The van der Waals surface area contributed by atoms with Crippen LogP contribution in [0.1, 0.15) is 12.0 Å². The third-order valence-electron chi connectivity index (χ3n) is 2.77. The number of nitrogens with one attached hydrogen (secondary N) is 2. The predicted molar refractivity (Wildman–Crippen MR) is 73.5 cm³/mol. The molecule has 92 valence electrons. The highest BCUT2D eigenvalue weighted by atomic mass is 32.2. The SMILES string of the molecule is Cc1ccc(NC(=O)CC2CSCCN2)cc1. The van der Waals surface area contributed by atoms with Crippen molar-refractivity contribution in [2.24, 2.45) is 0 Å². The first kappa shape index (κ1) is 12.5. The summed E-state index contributed by atoms with van der Waals surface area (Å²) in [5.74, 6) is 2.27. The lowest BCUT2D eigenvalue weighted by molar-refractivity contribution is -0.116. The molecule has 3 nitrogen and oxygen atoms in total. The maximum Gasteiger partial charge on any atom is 0.225 e. The average molecular weight is 250 g/mol. The number of aryl methyl sites for hydroxylation is 1. The van der Waals surface area contributed by atoms with E-state index in [1.165, 1.54) is 5.56 Å². The summed E-state index contributed by atoms with van der Waals surface area (Å²) in [7, 11) is 0. The standard InChI is InChI=1S/C13H18N2OS/c1-10-2-4-11(5-3-10)15-13(16)8-12-9-17-7-6-14-12/h2-5,12,14H,6-9H2,1H3,(H,15,16). The molecular weight excluding hydrogens is 232 g/mol. The minimum absolute atomic E-state index is 0.0915. The summed E-state index contributed by atoms with van der Waals surface area (Å²) < 4.78 is 0. The van der Waals surface area contributed by atoms with Gasteiger partial charge in [0.05, 0.1) is 0 Å². The fraction of sp³-hybridized carbons (Fsp3) is 0.462. The molecule has 1 aromatic carbocycles. The zero-order valence-electron chi connectivity index (χ0n) is 10.0. The van der Waals surface area contributed by atoms with Gasteiger partial charge in [-0.2, -0.15) is 11.8 Å². The number of anilines is 1. The zero-order valence-corrected chi connectivity index (χ0v) is 10.8. The second-order valence-electron chi connectivity index (χ2n) is 4.34. The predicted octanol–water partition coefficient (Wildman–Crippen LogP) is 2.03. The first-order chi connectivity index (χ1) is 8.24. The van der Waals surface area contributed by atoms with Crippen LogP contribution in [-0.2, 0) is 4.79 Å². The fourth-order valence-electron chi connectivity index (χ4n) is 1.82. The number of rotatable bonds is 3. The summed E-state index contributed by atoms with van der Waals surface area (Å²) in [6, 6.07) is 8.21. The Morgan fingerprint density at radius 3 is 2.88 bits per heavy atom. The van der Waals surface area contributed by atoms with Crippen molar-refractivity contribution < 1.29 is 4.79 Å². The number of thioether (sulfide) groups is 1. The van der Waals surface area contributed by atoms with Crippen molar-refractivity contribution in [2.45, 2.75) is 19.4 Å². The quantitative estimate of drug-likeness (QED) is 0.862. The smallest absolute Gasteiger partial charge is 0.225 e. The summed E-state index contributed by atoms with van der Waals surface area (Å²) in [4.78, 5) is 11.8. The molecule has 1 aromatic rings. The van der Waals surface area contributed by atoms with Crippen molar-refractivity contribution in [3.05, 3.63) is 29.8 Å². The summed E-state index contributed by atoms with van der Waals surface area (Å²) in [5.41, 5.74) is 2.08. The summed E-state index contributed by atoms with van der Waals surface area (Å²) in [6.45, 7) is 3.04. The van der Waals surface area contributed by atoms with Gasteiger partial charge in [-0.15, -0.1) is 0 Å². The molecule has 2 rings (SSSR count). The largest absolute Gasteiger partial charge is 0.326 e. The van der Waals surface area contributed by atoms with Crippen LogP contribution >= 0.6 is 11.8 Å². The second kappa shape index (κ2) is 6.07. The Morgan fingerprint density at radius 2 is 2.24 bits per heavy atom. The van der Waals surface area contributed by atoms with Crippen molar-refractivity contribution in [3.63, 3.8) is 0 Å². The van der Waals surface area contributed by atoms with Gasteiger partial charge in [0.2, 0.25) is 5.91 Å². The van der Waals surface area contributed by atoms with Gasteiger partial charge in [0.15, 0.2) is 0 Å². The number of benzene rings is 1. The molecule has 0 radical (unpaired) electrons. The molecule has 0 aliphatic carbocycles. The van der Waals surface area contributed by atoms with Crippen LogP contribution in [-0.4, -0.2) is 30.0 Å². The van der Waals surface area contributed by atoms with Gasteiger partial charge in [0.25, 0.3) is 0 Å². The van der Waals surface area contributed by atoms with Crippen molar-refractivity contribution >= 4 is 23.4 Å². The summed E-state index contributed by atoms with van der Waals surface area (Å²) >= 11 is 1.91. The Hall–Kier alpha value is -1.00. The van der Waals surface area contributed by atoms with Crippen molar-refractivity contribution in [1.29, 1.82) is 0 Å². The lowest BCUT2D eigenvalue weighted by Gasteiger charge is -2.22. The molecular formula is C13H18N2OS. The monoisotopic (exact) mass is 250 g/mol. The van der Waals surface area contributed by atoms with Crippen LogP contribution in [0.5, 0.6) is 0 Å². The maximum atomic E-state index is 11.8. The topological polar surface area (TPSA) is 41.1 Å². The van der Waals surface area contributed by atoms with E-state index in [4.69, 9.17) is 0 Å². The van der Waals surface area contributed by atoms with Gasteiger partial charge in [-0.05, 0) is 19.1 Å². The Labute approximate surface area is 106 Å². The van der Waals surface area contributed by atoms with Crippen LogP contribution in [0.4, 0.5) is 5.69 Å². The molecule has 17 heavy (non-hydrogen) atoms. The number of carbonyl (C=O) groups excluding carboxylic acids is 1. The van der Waals surface area contributed by atoms with Gasteiger partial charge in [-0.25, -0.2) is 0 Å². The molecule has 0 aromatic heterocycles. The summed E-state index contributed by atoms with van der Waals surface area (Å²) in [6.07, 6.45) is 0.556. The Balaban J connectivity index is 1.82. The van der Waals surface area contributed by atoms with Crippen LogP contribution < -0.4 is 10.6 Å². The Kier molecular flexibility index (Phi) is 4.45. The van der Waals surface area contributed by atoms with E-state index < -0.39 is 0 Å². The number of amides is 1. The van der Waals surface area contributed by atoms with E-state index in [1.807, 2.05) is 43.0 Å². The van der Waals surface area contributed by atoms with Crippen LogP contribution in [0.25, 0.3) is 0 Å². The third kappa shape index (κ3) is 4.06. The van der Waals surface area contributed by atoms with Gasteiger partial charge in [0, 0.05) is 36.2 Å². The molecule has 4 heteroatoms. The minimum atomic E-state index is 0.0915. The van der Waals surface area contributed by atoms with E-state index in [-0.39, 0.29) is 5.91 Å². The molecule has 1 amide bonds. The van der Waals surface area contributed by atoms with Gasteiger partial charge in [-0.3, -0.25) is 4.79 Å². The Morgan fingerprint density at radius 1 is 1.47 bits per heavy atom. The molecule has 2 N–H and O–H groups in total. The van der Waals surface area contributed by atoms with Crippen LogP contribution in [0.3, 0.4) is 0 Å².